The molecule has 0 amide bonds. The molecule has 12 heavy (non-hydrogen) atoms. The molecule has 4 heteroatoms. The van der Waals surface area contributed by atoms with E-state index in [0.29, 0.717) is 5.89 Å². The number of ether oxygens (including phenoxy) is 1. The molecule has 0 unspecified atom stereocenters. The summed E-state index contributed by atoms with van der Waals surface area (Å²) in [6, 6.07) is 0. The molecule has 0 aliphatic carbocycles. The van der Waals surface area contributed by atoms with E-state index in [1.165, 1.54) is 13.4 Å². The molecule has 0 bridgehead atoms. The largest absolute Gasteiger partial charge is 0.464 e. The molecule has 0 spiro atoms. The Morgan fingerprint density at radius 1 is 1.75 bits per heavy atom. The number of esters is 1. The molecule has 1 heterocycles. The van der Waals surface area contributed by atoms with E-state index in [9.17, 15) is 4.79 Å². The first-order valence-corrected chi connectivity index (χ1v) is 3.80. The summed E-state index contributed by atoms with van der Waals surface area (Å²) >= 11 is 0. The van der Waals surface area contributed by atoms with E-state index in [1.54, 1.807) is 0 Å². The molecular weight excluding hydrogens is 158 g/mol. The minimum atomic E-state index is -0.457. The number of carbonyl (C=O) groups excluding carboxylic acids is 1. The zero-order chi connectivity index (χ0) is 8.97. The van der Waals surface area contributed by atoms with Gasteiger partial charge in [0.15, 0.2) is 11.6 Å². The standard InChI is InChI=1S/C8H11NO3/c1-3-4-7-9-6(5-12-7)8(10)11-2/h5H,3-4H2,1-2H3. The van der Waals surface area contributed by atoms with Crippen LogP contribution in [-0.4, -0.2) is 18.1 Å². The molecule has 0 N–H and O–H groups in total. The van der Waals surface area contributed by atoms with Crippen LogP contribution in [0.25, 0.3) is 0 Å². The Morgan fingerprint density at radius 3 is 3.08 bits per heavy atom. The molecule has 0 fully saturated rings. The Hall–Kier alpha value is -1.32. The van der Waals surface area contributed by atoms with Gasteiger partial charge < -0.3 is 9.15 Å². The molecule has 1 aromatic rings. The van der Waals surface area contributed by atoms with E-state index in [4.69, 9.17) is 4.42 Å². The third-order valence-corrected chi connectivity index (χ3v) is 1.41. The van der Waals surface area contributed by atoms with E-state index < -0.39 is 5.97 Å². The lowest BCUT2D eigenvalue weighted by Crippen LogP contribution is -2.01. The highest BCUT2D eigenvalue weighted by atomic mass is 16.5. The van der Waals surface area contributed by atoms with Gasteiger partial charge in [-0.15, -0.1) is 0 Å². The van der Waals surface area contributed by atoms with Gasteiger partial charge in [-0.3, -0.25) is 0 Å². The lowest BCUT2D eigenvalue weighted by Gasteiger charge is -1.89. The third-order valence-electron chi connectivity index (χ3n) is 1.41. The third kappa shape index (κ3) is 1.84. The van der Waals surface area contributed by atoms with E-state index in [0.717, 1.165) is 12.8 Å². The maximum Gasteiger partial charge on any atom is 0.360 e. The number of carbonyl (C=O) groups is 1. The van der Waals surface area contributed by atoms with Gasteiger partial charge in [0.1, 0.15) is 6.26 Å². The topological polar surface area (TPSA) is 52.3 Å². The molecular formula is C8H11NO3. The Balaban J connectivity index is 2.70. The molecule has 66 valence electrons. The Kier molecular flexibility index (Phi) is 2.85. The van der Waals surface area contributed by atoms with Crippen molar-refractivity contribution in [2.24, 2.45) is 0 Å². The van der Waals surface area contributed by atoms with Crippen molar-refractivity contribution < 1.29 is 13.9 Å². The van der Waals surface area contributed by atoms with Crippen molar-refractivity contribution in [3.05, 3.63) is 17.8 Å². The molecule has 0 aliphatic rings. The second kappa shape index (κ2) is 3.90. The van der Waals surface area contributed by atoms with Crippen LogP contribution < -0.4 is 0 Å². The minimum absolute atomic E-state index is 0.237. The van der Waals surface area contributed by atoms with Crippen molar-refractivity contribution in [2.45, 2.75) is 19.8 Å². The van der Waals surface area contributed by atoms with Crippen molar-refractivity contribution in [1.82, 2.24) is 4.98 Å². The number of hydrogen-bond acceptors (Lipinski definition) is 4. The fourth-order valence-electron chi connectivity index (χ4n) is 0.838. The number of oxazole rings is 1. The van der Waals surface area contributed by atoms with Gasteiger partial charge in [0, 0.05) is 6.42 Å². The van der Waals surface area contributed by atoms with E-state index in [2.05, 4.69) is 9.72 Å². The summed E-state index contributed by atoms with van der Waals surface area (Å²) < 4.78 is 9.48. The maximum absolute atomic E-state index is 10.9. The molecule has 1 rings (SSSR count). The summed E-state index contributed by atoms with van der Waals surface area (Å²) in [6.45, 7) is 2.02. The van der Waals surface area contributed by atoms with Gasteiger partial charge in [0.2, 0.25) is 0 Å². The van der Waals surface area contributed by atoms with Crippen LogP contribution in [0.15, 0.2) is 10.7 Å². The Morgan fingerprint density at radius 2 is 2.50 bits per heavy atom. The fourth-order valence-corrected chi connectivity index (χ4v) is 0.838. The predicted octanol–water partition coefficient (Wildman–Crippen LogP) is 1.41. The average molecular weight is 169 g/mol. The SMILES string of the molecule is CCCc1nc(C(=O)OC)co1. The summed E-state index contributed by atoms with van der Waals surface area (Å²) in [5, 5.41) is 0. The zero-order valence-electron chi connectivity index (χ0n) is 7.16. The number of aromatic nitrogens is 1. The van der Waals surface area contributed by atoms with Gasteiger partial charge in [-0.05, 0) is 6.42 Å². The monoisotopic (exact) mass is 169 g/mol. The van der Waals surface area contributed by atoms with Crippen LogP contribution in [-0.2, 0) is 11.2 Å². The second-order valence-corrected chi connectivity index (χ2v) is 2.37. The van der Waals surface area contributed by atoms with Crippen LogP contribution in [0, 0.1) is 0 Å². The van der Waals surface area contributed by atoms with Crippen molar-refractivity contribution in [3.63, 3.8) is 0 Å². The first kappa shape index (κ1) is 8.77. The first-order chi connectivity index (χ1) is 5.77. The molecule has 0 saturated heterocycles. The van der Waals surface area contributed by atoms with Crippen LogP contribution >= 0.6 is 0 Å². The van der Waals surface area contributed by atoms with Crippen LogP contribution in [0.5, 0.6) is 0 Å². The smallest absolute Gasteiger partial charge is 0.360 e. The van der Waals surface area contributed by atoms with Crippen LogP contribution in [0.2, 0.25) is 0 Å². The highest BCUT2D eigenvalue weighted by Crippen LogP contribution is 2.05. The zero-order valence-corrected chi connectivity index (χ0v) is 7.16. The van der Waals surface area contributed by atoms with Crippen molar-refractivity contribution in [1.29, 1.82) is 0 Å². The molecule has 0 aromatic carbocycles. The fraction of sp³-hybridized carbons (Fsp3) is 0.500. The van der Waals surface area contributed by atoms with E-state index in [-0.39, 0.29) is 5.69 Å². The lowest BCUT2D eigenvalue weighted by atomic mass is 10.3. The summed E-state index contributed by atoms with van der Waals surface area (Å²) in [7, 11) is 1.32. The van der Waals surface area contributed by atoms with Crippen LogP contribution in [0.4, 0.5) is 0 Å². The maximum atomic E-state index is 10.9. The van der Waals surface area contributed by atoms with Crippen LogP contribution in [0.3, 0.4) is 0 Å². The lowest BCUT2D eigenvalue weighted by molar-refractivity contribution is 0.0594. The van der Waals surface area contributed by atoms with Gasteiger partial charge in [-0.25, -0.2) is 9.78 Å². The van der Waals surface area contributed by atoms with Crippen molar-refractivity contribution in [3.8, 4) is 0 Å². The number of methoxy groups -OCH3 is 1. The second-order valence-electron chi connectivity index (χ2n) is 2.37. The summed E-state index contributed by atoms with van der Waals surface area (Å²) in [4.78, 5) is 14.8. The molecule has 0 aliphatic heterocycles. The Labute approximate surface area is 70.5 Å². The summed E-state index contributed by atoms with van der Waals surface area (Å²) in [5.41, 5.74) is 0.237. The molecule has 4 nitrogen and oxygen atoms in total. The molecule has 0 radical (unpaired) electrons. The van der Waals surface area contributed by atoms with E-state index >= 15 is 0 Å². The molecule has 0 atom stereocenters. The minimum Gasteiger partial charge on any atom is -0.464 e. The van der Waals surface area contributed by atoms with E-state index in [1.807, 2.05) is 6.92 Å². The number of aryl methyl sites for hydroxylation is 1. The number of hydrogen-bond donors (Lipinski definition) is 0. The quantitative estimate of drug-likeness (QED) is 0.642. The van der Waals surface area contributed by atoms with Crippen molar-refractivity contribution in [2.75, 3.05) is 7.11 Å². The molecule has 1 aromatic heterocycles. The van der Waals surface area contributed by atoms with Gasteiger partial charge in [-0.2, -0.15) is 0 Å². The molecule has 0 saturated carbocycles. The normalized spacial score (nSPS) is 9.83. The summed E-state index contributed by atoms with van der Waals surface area (Å²) in [5.74, 6) is 0.124. The number of nitrogens with zero attached hydrogens (tertiary/aromatic N) is 1. The predicted molar refractivity (Wildman–Crippen MR) is 41.8 cm³/mol. The van der Waals surface area contributed by atoms with Crippen LogP contribution in [0.1, 0.15) is 29.7 Å². The number of rotatable bonds is 3. The highest BCUT2D eigenvalue weighted by Gasteiger charge is 2.10. The first-order valence-electron chi connectivity index (χ1n) is 3.80. The Bertz CT molecular complexity index is 267. The summed E-state index contributed by atoms with van der Waals surface area (Å²) in [6.07, 6.45) is 3.01. The van der Waals surface area contributed by atoms with Gasteiger partial charge >= 0.3 is 5.97 Å². The highest BCUT2D eigenvalue weighted by molar-refractivity contribution is 5.86. The van der Waals surface area contributed by atoms with Crippen molar-refractivity contribution >= 4 is 5.97 Å². The average Bonchev–Trinajstić information content (AvgIpc) is 2.52. The van der Waals surface area contributed by atoms with Gasteiger partial charge in [0.25, 0.3) is 0 Å². The van der Waals surface area contributed by atoms with Gasteiger partial charge in [-0.1, -0.05) is 6.92 Å². The van der Waals surface area contributed by atoms with Gasteiger partial charge in [0.05, 0.1) is 7.11 Å².